The third-order valence-corrected chi connectivity index (χ3v) is 9.21. The molecule has 0 aliphatic carbocycles. The van der Waals surface area contributed by atoms with Crippen LogP contribution in [-0.4, -0.2) is 124 Å². The molecule has 0 aromatic heterocycles. The summed E-state index contributed by atoms with van der Waals surface area (Å²) >= 11 is 7.49. The van der Waals surface area contributed by atoms with E-state index in [0.717, 1.165) is 31.1 Å². The number of halogens is 4. The second-order valence-corrected chi connectivity index (χ2v) is 13.8. The van der Waals surface area contributed by atoms with E-state index in [-0.39, 0.29) is 5.91 Å². The van der Waals surface area contributed by atoms with Crippen LogP contribution in [0.2, 0.25) is 0 Å². The van der Waals surface area contributed by atoms with Gasteiger partial charge in [-0.2, -0.15) is 13.2 Å². The molecule has 13 nitrogen and oxygen atoms in total. The van der Waals surface area contributed by atoms with Crippen molar-refractivity contribution in [3.05, 3.63) is 0 Å². The number of esters is 3. The van der Waals surface area contributed by atoms with Gasteiger partial charge in [0.15, 0.2) is 6.10 Å². The number of hydrogen-bond donors (Lipinski definition) is 4. The summed E-state index contributed by atoms with van der Waals surface area (Å²) in [5, 5.41) is 26.3. The maximum Gasteiger partial charge on any atom is 0.491 e. The van der Waals surface area contributed by atoms with Gasteiger partial charge in [0.1, 0.15) is 29.8 Å². The largest absolute Gasteiger partial charge is 0.491 e. The number of likely N-dealkylation sites (tertiary alicyclic amines) is 1. The molecule has 0 saturated carbocycles. The average Bonchev–Trinajstić information content (AvgIpc) is 3.35. The molecular weight excluding hydrogens is 675 g/mol. The van der Waals surface area contributed by atoms with Crippen molar-refractivity contribution < 1.29 is 61.6 Å². The van der Waals surface area contributed by atoms with E-state index in [9.17, 15) is 47.4 Å². The van der Waals surface area contributed by atoms with Crippen LogP contribution in [0.25, 0.3) is 0 Å². The van der Waals surface area contributed by atoms with E-state index in [4.69, 9.17) is 21.1 Å². The number of hydrogen-bond acceptors (Lipinski definition) is 12. The van der Waals surface area contributed by atoms with Gasteiger partial charge >= 0.3 is 24.1 Å². The normalized spacial score (nSPS) is 28.7. The maximum absolute atomic E-state index is 13.3. The SMILES string of the molecule is CCC[C@@H]1C[C@@H](C(=O)N[C@H]([C@H](C)Cl)[C@H]2O[C@H](SC)[C@H](OC(=O)CCC(=O)N[C@H](C(=O)OC(=O)C(F)(F)F)C(C)C)[C@@H](O)C2O)N(C)C1. The van der Waals surface area contributed by atoms with Gasteiger partial charge in [0, 0.05) is 13.0 Å². The van der Waals surface area contributed by atoms with Gasteiger partial charge in [0.2, 0.25) is 11.8 Å². The molecule has 4 N–H and O–H groups in total. The molecule has 270 valence electrons. The van der Waals surface area contributed by atoms with Gasteiger partial charge in [-0.1, -0.05) is 27.2 Å². The smallest absolute Gasteiger partial charge is 0.456 e. The van der Waals surface area contributed by atoms with Crippen molar-refractivity contribution in [2.45, 2.75) is 119 Å². The lowest BCUT2D eigenvalue weighted by Crippen LogP contribution is -2.65. The number of carbonyl (C=O) groups is 5. The number of alkyl halides is 4. The molecular formula is C29H45ClF3N3O10S. The van der Waals surface area contributed by atoms with Crippen LogP contribution in [0.1, 0.15) is 59.8 Å². The molecule has 2 aliphatic rings. The van der Waals surface area contributed by atoms with Crippen LogP contribution >= 0.6 is 23.4 Å². The number of rotatable bonds is 14. The van der Waals surface area contributed by atoms with Crippen LogP contribution in [0.5, 0.6) is 0 Å². The van der Waals surface area contributed by atoms with Crippen molar-refractivity contribution in [1.29, 1.82) is 0 Å². The highest BCUT2D eigenvalue weighted by Gasteiger charge is 2.51. The number of likely N-dealkylation sites (N-methyl/N-ethyl adjacent to an activating group) is 1. The number of amides is 2. The first-order valence-electron chi connectivity index (χ1n) is 15.3. The van der Waals surface area contributed by atoms with Gasteiger partial charge in [0.05, 0.1) is 23.9 Å². The zero-order valence-electron chi connectivity index (χ0n) is 27.1. The highest BCUT2D eigenvalue weighted by Crippen LogP contribution is 2.33. The summed E-state index contributed by atoms with van der Waals surface area (Å²) in [5.74, 6) is -6.96. The van der Waals surface area contributed by atoms with Crippen LogP contribution in [0.4, 0.5) is 13.2 Å². The number of nitrogens with one attached hydrogen (secondary N) is 2. The lowest BCUT2D eigenvalue weighted by atomic mass is 9.92. The molecule has 0 aromatic rings. The standard InChI is InChI=1S/C29H45ClF3N3O10S/c1-7-8-15-11-16(36(5)12-15)25(41)35-20(14(4)30)23-21(39)22(40)24(27(45-23)47-6)44-18(38)10-9-17(37)34-19(13(2)3)26(42)46-28(43)29(31,32)33/h13-16,19-24,27,39-40H,7-12H2,1-6H3,(H,34,37)(H,35,41)/t14-,15+,16-,19-,20+,21?,22-,23+,24+,27+/m0/s1. The van der Waals surface area contributed by atoms with E-state index in [0.29, 0.717) is 12.3 Å². The molecule has 2 saturated heterocycles. The van der Waals surface area contributed by atoms with Crippen molar-refractivity contribution in [3.8, 4) is 0 Å². The van der Waals surface area contributed by atoms with Gasteiger partial charge in [0.25, 0.3) is 0 Å². The molecule has 0 radical (unpaired) electrons. The van der Waals surface area contributed by atoms with E-state index >= 15 is 0 Å². The number of carbonyl (C=O) groups excluding carboxylic acids is 5. The van der Waals surface area contributed by atoms with Gasteiger partial charge in [-0.15, -0.1) is 23.4 Å². The summed E-state index contributed by atoms with van der Waals surface area (Å²) in [4.78, 5) is 63.4. The molecule has 10 atom stereocenters. The molecule has 47 heavy (non-hydrogen) atoms. The first-order valence-corrected chi connectivity index (χ1v) is 17.0. The minimum atomic E-state index is -5.41. The van der Waals surface area contributed by atoms with Crippen LogP contribution in [0, 0.1) is 11.8 Å². The fourth-order valence-corrected chi connectivity index (χ4v) is 6.54. The van der Waals surface area contributed by atoms with E-state index in [1.165, 1.54) is 13.8 Å². The minimum Gasteiger partial charge on any atom is -0.456 e. The second kappa shape index (κ2) is 18.0. The van der Waals surface area contributed by atoms with E-state index in [1.807, 2.05) is 11.9 Å². The summed E-state index contributed by atoms with van der Waals surface area (Å²) in [5.41, 5.74) is -1.01. The van der Waals surface area contributed by atoms with Crippen molar-refractivity contribution in [1.82, 2.24) is 15.5 Å². The van der Waals surface area contributed by atoms with Crippen LogP contribution in [-0.2, 0) is 38.2 Å². The third-order valence-electron chi connectivity index (χ3n) is 8.09. The first-order chi connectivity index (χ1) is 21.8. The summed E-state index contributed by atoms with van der Waals surface area (Å²) in [7, 11) is 1.86. The summed E-state index contributed by atoms with van der Waals surface area (Å²) in [6.45, 7) is 7.24. The number of nitrogens with zero attached hydrogens (tertiary/aromatic N) is 1. The predicted octanol–water partition coefficient (Wildman–Crippen LogP) is 1.49. The monoisotopic (exact) mass is 719 g/mol. The Morgan fingerprint density at radius 1 is 1.09 bits per heavy atom. The molecule has 0 aromatic carbocycles. The molecule has 2 rings (SSSR count). The Kier molecular flexibility index (Phi) is 15.7. The predicted molar refractivity (Wildman–Crippen MR) is 164 cm³/mol. The Balaban J connectivity index is 2.01. The lowest BCUT2D eigenvalue weighted by molar-refractivity contribution is -0.218. The van der Waals surface area contributed by atoms with Crippen molar-refractivity contribution in [2.24, 2.45) is 11.8 Å². The molecule has 2 aliphatic heterocycles. The zero-order valence-corrected chi connectivity index (χ0v) is 28.7. The number of aliphatic hydroxyl groups is 2. The number of aliphatic hydroxyl groups excluding tert-OH is 2. The van der Waals surface area contributed by atoms with Gasteiger partial charge in [-0.05, 0) is 44.9 Å². The Morgan fingerprint density at radius 3 is 2.26 bits per heavy atom. The molecule has 2 amide bonds. The van der Waals surface area contributed by atoms with E-state index < -0.39 is 102 Å². The molecule has 2 fully saturated rings. The number of ether oxygens (including phenoxy) is 3. The Hall–Kier alpha value is -2.18. The summed E-state index contributed by atoms with van der Waals surface area (Å²) in [6.07, 6.45) is -8.19. The quantitative estimate of drug-likeness (QED) is 0.116. The van der Waals surface area contributed by atoms with Crippen LogP contribution in [0.3, 0.4) is 0 Å². The second-order valence-electron chi connectivity index (χ2n) is 12.2. The number of thioether (sulfide) groups is 1. The van der Waals surface area contributed by atoms with E-state index in [1.54, 1.807) is 13.2 Å². The lowest BCUT2D eigenvalue weighted by Gasteiger charge is -2.45. The minimum absolute atomic E-state index is 0.290. The van der Waals surface area contributed by atoms with Gasteiger partial charge < -0.3 is 35.1 Å². The van der Waals surface area contributed by atoms with Crippen LogP contribution in [0.15, 0.2) is 0 Å². The Labute approximate surface area is 280 Å². The highest BCUT2D eigenvalue weighted by molar-refractivity contribution is 7.99. The van der Waals surface area contributed by atoms with Crippen molar-refractivity contribution in [3.63, 3.8) is 0 Å². The third kappa shape index (κ3) is 11.4. The average molecular weight is 720 g/mol. The highest BCUT2D eigenvalue weighted by atomic mass is 35.5. The zero-order chi connectivity index (χ0) is 35.8. The van der Waals surface area contributed by atoms with Crippen molar-refractivity contribution in [2.75, 3.05) is 19.8 Å². The Bertz CT molecular complexity index is 1120. The molecule has 2 heterocycles. The molecule has 18 heteroatoms. The first kappa shape index (κ1) is 41.0. The fraction of sp³-hybridized carbons (Fsp3) is 0.828. The fourth-order valence-electron chi connectivity index (χ4n) is 5.60. The summed E-state index contributed by atoms with van der Waals surface area (Å²) < 4.78 is 52.6. The summed E-state index contributed by atoms with van der Waals surface area (Å²) in [6, 6.07) is -2.94. The maximum atomic E-state index is 13.3. The molecule has 1 unspecified atom stereocenters. The topological polar surface area (TPSA) is 181 Å². The molecule has 0 spiro atoms. The van der Waals surface area contributed by atoms with Gasteiger partial charge in [-0.25, -0.2) is 9.59 Å². The molecule has 0 bridgehead atoms. The van der Waals surface area contributed by atoms with Crippen LogP contribution < -0.4 is 10.6 Å². The Morgan fingerprint density at radius 2 is 1.72 bits per heavy atom. The van der Waals surface area contributed by atoms with Gasteiger partial charge in [-0.3, -0.25) is 19.3 Å². The van der Waals surface area contributed by atoms with E-state index in [2.05, 4.69) is 22.3 Å². The van der Waals surface area contributed by atoms with Crippen molar-refractivity contribution >= 4 is 53.1 Å².